The molecule has 0 amide bonds. The van der Waals surface area contributed by atoms with Crippen LogP contribution in [-0.4, -0.2) is 71.9 Å². The van der Waals surface area contributed by atoms with Gasteiger partial charge in [0.2, 0.25) is 0 Å². The SMILES string of the molecule is OC1C(O)C(O)C(OP(O)O)C(O)C1O. The highest BCUT2D eigenvalue weighted by Gasteiger charge is 2.49. The van der Waals surface area contributed by atoms with Crippen LogP contribution in [0.25, 0.3) is 0 Å². The summed E-state index contributed by atoms with van der Waals surface area (Å²) in [5.41, 5.74) is 0. The van der Waals surface area contributed by atoms with Gasteiger partial charge in [-0.1, -0.05) is 0 Å². The number of hydrogen-bond acceptors (Lipinski definition) is 8. The van der Waals surface area contributed by atoms with Crippen molar-refractivity contribution in [1.82, 2.24) is 0 Å². The quantitative estimate of drug-likeness (QED) is 0.246. The second-order valence-corrected chi connectivity index (χ2v) is 3.99. The van der Waals surface area contributed by atoms with Crippen molar-refractivity contribution in [2.45, 2.75) is 36.6 Å². The molecule has 0 spiro atoms. The molecule has 0 radical (unpaired) electrons. The molecule has 1 saturated carbocycles. The Balaban J connectivity index is 2.77. The molecule has 1 fully saturated rings. The normalized spacial score (nSPS) is 47.2. The first-order valence-corrected chi connectivity index (χ1v) is 5.27. The summed E-state index contributed by atoms with van der Waals surface area (Å²) in [4.78, 5) is 17.1. The minimum Gasteiger partial charge on any atom is -0.387 e. The zero-order valence-corrected chi connectivity index (χ0v) is 8.34. The lowest BCUT2D eigenvalue weighted by molar-refractivity contribution is -0.218. The van der Waals surface area contributed by atoms with Crippen molar-refractivity contribution < 1.29 is 39.8 Å². The predicted molar refractivity (Wildman–Crippen MR) is 46.3 cm³/mol. The van der Waals surface area contributed by atoms with Gasteiger partial charge in [-0.3, -0.25) is 0 Å². The Bertz CT molecular complexity index is 197. The predicted octanol–water partition coefficient (Wildman–Crippen LogP) is -3.60. The van der Waals surface area contributed by atoms with Gasteiger partial charge in [-0.25, -0.2) is 0 Å². The van der Waals surface area contributed by atoms with E-state index < -0.39 is 45.2 Å². The van der Waals surface area contributed by atoms with E-state index in [-0.39, 0.29) is 0 Å². The van der Waals surface area contributed by atoms with E-state index >= 15 is 0 Å². The molecule has 4 unspecified atom stereocenters. The summed E-state index contributed by atoms with van der Waals surface area (Å²) in [6, 6.07) is 0. The summed E-state index contributed by atoms with van der Waals surface area (Å²) in [6.45, 7) is 0. The van der Waals surface area contributed by atoms with Gasteiger partial charge in [-0.15, -0.1) is 0 Å². The summed E-state index contributed by atoms with van der Waals surface area (Å²) in [6.07, 6.45) is -10.2. The van der Waals surface area contributed by atoms with Crippen molar-refractivity contribution in [3.63, 3.8) is 0 Å². The average Bonchev–Trinajstić information content (AvgIpc) is 2.18. The zero-order valence-electron chi connectivity index (χ0n) is 7.45. The third-order valence-corrected chi connectivity index (χ3v) is 2.72. The number of aliphatic hydroxyl groups is 5. The van der Waals surface area contributed by atoms with Gasteiger partial charge in [-0.2, -0.15) is 0 Å². The van der Waals surface area contributed by atoms with Gasteiger partial charge < -0.3 is 39.8 Å². The molecule has 4 atom stereocenters. The topological polar surface area (TPSA) is 151 Å². The van der Waals surface area contributed by atoms with Gasteiger partial charge in [0.05, 0.1) is 0 Å². The third kappa shape index (κ3) is 2.62. The maximum absolute atomic E-state index is 9.33. The first-order valence-electron chi connectivity index (χ1n) is 4.11. The van der Waals surface area contributed by atoms with Crippen LogP contribution in [0.3, 0.4) is 0 Å². The molecule has 0 aromatic heterocycles. The smallest absolute Gasteiger partial charge is 0.327 e. The molecule has 7 N–H and O–H groups in total. The number of hydrogen-bond donors (Lipinski definition) is 7. The van der Waals surface area contributed by atoms with E-state index in [4.69, 9.17) is 14.9 Å². The Kier molecular flexibility index (Phi) is 4.36. The second kappa shape index (κ2) is 4.96. The molecule has 0 aromatic carbocycles. The molecule has 0 aromatic rings. The molecule has 0 heterocycles. The van der Waals surface area contributed by atoms with Crippen molar-refractivity contribution >= 4 is 8.60 Å². The van der Waals surface area contributed by atoms with Gasteiger partial charge in [0.15, 0.2) is 0 Å². The maximum atomic E-state index is 9.33. The average molecular weight is 244 g/mol. The molecule has 0 aliphatic heterocycles. The number of aliphatic hydroxyl groups excluding tert-OH is 5. The van der Waals surface area contributed by atoms with E-state index in [1.54, 1.807) is 0 Å². The molecule has 1 rings (SSSR count). The molecule has 8 nitrogen and oxygen atoms in total. The highest BCUT2D eigenvalue weighted by atomic mass is 31.2. The van der Waals surface area contributed by atoms with Gasteiger partial charge in [0.25, 0.3) is 0 Å². The minimum atomic E-state index is -2.85. The fraction of sp³-hybridized carbons (Fsp3) is 1.00. The first-order chi connectivity index (χ1) is 6.86. The highest BCUT2D eigenvalue weighted by Crippen LogP contribution is 2.34. The van der Waals surface area contributed by atoms with Crippen LogP contribution in [0.5, 0.6) is 0 Å². The fourth-order valence-electron chi connectivity index (χ4n) is 1.43. The lowest BCUT2D eigenvalue weighted by atomic mass is 9.85. The Morgan fingerprint density at radius 1 is 0.667 bits per heavy atom. The second-order valence-electron chi connectivity index (χ2n) is 3.28. The van der Waals surface area contributed by atoms with Gasteiger partial charge in [0.1, 0.15) is 36.6 Å². The third-order valence-electron chi connectivity index (χ3n) is 2.29. The zero-order chi connectivity index (χ0) is 11.7. The van der Waals surface area contributed by atoms with Crippen molar-refractivity contribution in [2.24, 2.45) is 0 Å². The number of rotatable bonds is 2. The van der Waals surface area contributed by atoms with Crippen LogP contribution in [0.2, 0.25) is 0 Å². The van der Waals surface area contributed by atoms with Crippen LogP contribution < -0.4 is 0 Å². The molecule has 1 aliphatic carbocycles. The summed E-state index contributed by atoms with van der Waals surface area (Å²) < 4.78 is 4.35. The standard InChI is InChI=1S/C6H13O8P/c7-1-2(8)4(10)6(14-15(12)13)5(11)3(1)9/h1-13H. The van der Waals surface area contributed by atoms with Crippen molar-refractivity contribution in [3.8, 4) is 0 Å². The highest BCUT2D eigenvalue weighted by molar-refractivity contribution is 7.39. The van der Waals surface area contributed by atoms with Crippen molar-refractivity contribution in [3.05, 3.63) is 0 Å². The van der Waals surface area contributed by atoms with Gasteiger partial charge >= 0.3 is 8.60 Å². The van der Waals surface area contributed by atoms with E-state index in [2.05, 4.69) is 4.52 Å². The Labute approximate surface area is 86.0 Å². The molecule has 90 valence electrons. The minimum absolute atomic E-state index is 1.57. The molecular formula is C6H13O8P. The molecule has 0 bridgehead atoms. The van der Waals surface area contributed by atoms with Gasteiger partial charge in [0, 0.05) is 0 Å². The molecule has 15 heavy (non-hydrogen) atoms. The lowest BCUT2D eigenvalue weighted by Gasteiger charge is -2.41. The summed E-state index contributed by atoms with van der Waals surface area (Å²) >= 11 is 0. The van der Waals surface area contributed by atoms with Crippen LogP contribution in [0.4, 0.5) is 0 Å². The Hall–Kier alpha value is 0.110. The van der Waals surface area contributed by atoms with E-state index in [1.807, 2.05) is 0 Å². The van der Waals surface area contributed by atoms with Crippen LogP contribution in [0.15, 0.2) is 0 Å². The van der Waals surface area contributed by atoms with E-state index in [0.29, 0.717) is 0 Å². The Morgan fingerprint density at radius 2 is 1.00 bits per heavy atom. The maximum Gasteiger partial charge on any atom is 0.327 e. The monoisotopic (exact) mass is 244 g/mol. The van der Waals surface area contributed by atoms with E-state index in [9.17, 15) is 20.4 Å². The van der Waals surface area contributed by atoms with Crippen molar-refractivity contribution in [1.29, 1.82) is 0 Å². The molecule has 1 aliphatic rings. The molecule has 0 saturated heterocycles. The summed E-state index contributed by atoms with van der Waals surface area (Å²) in [5, 5.41) is 46.2. The van der Waals surface area contributed by atoms with E-state index in [0.717, 1.165) is 0 Å². The first kappa shape index (κ1) is 13.2. The van der Waals surface area contributed by atoms with Crippen LogP contribution >= 0.6 is 8.60 Å². The van der Waals surface area contributed by atoms with Crippen LogP contribution in [0.1, 0.15) is 0 Å². The Morgan fingerprint density at radius 3 is 1.33 bits per heavy atom. The fourth-order valence-corrected chi connectivity index (χ4v) is 1.90. The van der Waals surface area contributed by atoms with Crippen LogP contribution in [-0.2, 0) is 4.52 Å². The van der Waals surface area contributed by atoms with Crippen LogP contribution in [0, 0.1) is 0 Å². The van der Waals surface area contributed by atoms with Crippen molar-refractivity contribution in [2.75, 3.05) is 0 Å². The summed E-state index contributed by atoms with van der Waals surface area (Å²) in [7, 11) is -2.85. The molecule has 9 heteroatoms. The van der Waals surface area contributed by atoms with E-state index in [1.165, 1.54) is 0 Å². The summed E-state index contributed by atoms with van der Waals surface area (Å²) in [5.74, 6) is 0. The molecular weight excluding hydrogens is 231 g/mol. The largest absolute Gasteiger partial charge is 0.387 e. The van der Waals surface area contributed by atoms with Gasteiger partial charge in [-0.05, 0) is 0 Å². The lowest BCUT2D eigenvalue weighted by Crippen LogP contribution is -2.63.